The zero-order chi connectivity index (χ0) is 12.1. The summed E-state index contributed by atoms with van der Waals surface area (Å²) < 4.78 is 18.1. The molecule has 16 heavy (non-hydrogen) atoms. The SMILES string of the molecule is CCCCOCCCCCCCC(F)CO. The molecular weight excluding hydrogens is 207 g/mol. The van der Waals surface area contributed by atoms with Crippen molar-refractivity contribution in [3.8, 4) is 0 Å². The largest absolute Gasteiger partial charge is 0.393 e. The van der Waals surface area contributed by atoms with Gasteiger partial charge in [0.25, 0.3) is 0 Å². The quantitative estimate of drug-likeness (QED) is 0.524. The van der Waals surface area contributed by atoms with Crippen LogP contribution in [0.3, 0.4) is 0 Å². The summed E-state index contributed by atoms with van der Waals surface area (Å²) in [4.78, 5) is 0. The summed E-state index contributed by atoms with van der Waals surface area (Å²) in [6, 6.07) is 0. The van der Waals surface area contributed by atoms with E-state index in [4.69, 9.17) is 9.84 Å². The summed E-state index contributed by atoms with van der Waals surface area (Å²) in [6.45, 7) is 3.58. The molecule has 0 radical (unpaired) electrons. The average Bonchev–Trinajstić information content (AvgIpc) is 2.31. The van der Waals surface area contributed by atoms with E-state index < -0.39 is 6.17 Å². The Labute approximate surface area is 99.2 Å². The van der Waals surface area contributed by atoms with Crippen LogP contribution in [-0.2, 0) is 4.74 Å². The van der Waals surface area contributed by atoms with Crippen LogP contribution in [0.4, 0.5) is 4.39 Å². The standard InChI is InChI=1S/C13H27FO2/c1-2-3-10-16-11-8-6-4-5-7-9-13(14)12-15/h13,15H,2-12H2,1H3. The fourth-order valence-corrected chi connectivity index (χ4v) is 1.54. The van der Waals surface area contributed by atoms with Crippen LogP contribution in [0.2, 0.25) is 0 Å². The van der Waals surface area contributed by atoms with E-state index >= 15 is 0 Å². The number of ether oxygens (including phenoxy) is 1. The smallest absolute Gasteiger partial charge is 0.123 e. The van der Waals surface area contributed by atoms with Crippen molar-refractivity contribution in [3.05, 3.63) is 0 Å². The minimum Gasteiger partial charge on any atom is -0.393 e. The van der Waals surface area contributed by atoms with Crippen LogP contribution in [0.25, 0.3) is 0 Å². The van der Waals surface area contributed by atoms with Gasteiger partial charge in [0.15, 0.2) is 0 Å². The lowest BCUT2D eigenvalue weighted by Crippen LogP contribution is -2.05. The highest BCUT2D eigenvalue weighted by Gasteiger charge is 2.02. The first-order chi connectivity index (χ1) is 7.81. The summed E-state index contributed by atoms with van der Waals surface area (Å²) >= 11 is 0. The van der Waals surface area contributed by atoms with E-state index in [-0.39, 0.29) is 6.61 Å². The summed E-state index contributed by atoms with van der Waals surface area (Å²) in [7, 11) is 0. The maximum absolute atomic E-state index is 12.6. The molecule has 0 saturated carbocycles. The van der Waals surface area contributed by atoms with Gasteiger partial charge in [-0.15, -0.1) is 0 Å². The Bertz CT molecular complexity index is 131. The Balaban J connectivity index is 2.93. The monoisotopic (exact) mass is 234 g/mol. The molecule has 0 aromatic rings. The van der Waals surface area contributed by atoms with Gasteiger partial charge < -0.3 is 9.84 Å². The van der Waals surface area contributed by atoms with Gasteiger partial charge >= 0.3 is 0 Å². The van der Waals surface area contributed by atoms with Crippen molar-refractivity contribution in [1.29, 1.82) is 0 Å². The van der Waals surface area contributed by atoms with E-state index in [0.717, 1.165) is 45.3 Å². The number of hydrogen-bond donors (Lipinski definition) is 1. The topological polar surface area (TPSA) is 29.5 Å². The maximum Gasteiger partial charge on any atom is 0.123 e. The van der Waals surface area contributed by atoms with Crippen LogP contribution in [0.5, 0.6) is 0 Å². The number of halogens is 1. The molecule has 0 rings (SSSR count). The molecule has 98 valence electrons. The third-order valence-electron chi connectivity index (χ3n) is 2.65. The van der Waals surface area contributed by atoms with E-state index in [0.29, 0.717) is 6.42 Å². The Morgan fingerprint density at radius 2 is 1.62 bits per heavy atom. The molecule has 2 nitrogen and oxygen atoms in total. The highest BCUT2D eigenvalue weighted by molar-refractivity contribution is 4.53. The van der Waals surface area contributed by atoms with Crippen LogP contribution in [-0.4, -0.2) is 31.1 Å². The van der Waals surface area contributed by atoms with Crippen molar-refractivity contribution >= 4 is 0 Å². The van der Waals surface area contributed by atoms with Crippen LogP contribution >= 0.6 is 0 Å². The molecule has 1 unspecified atom stereocenters. The second kappa shape index (κ2) is 12.9. The van der Waals surface area contributed by atoms with Gasteiger partial charge in [0.05, 0.1) is 6.61 Å². The van der Waals surface area contributed by atoms with Gasteiger partial charge in [0, 0.05) is 13.2 Å². The number of unbranched alkanes of at least 4 members (excludes halogenated alkanes) is 5. The Hall–Kier alpha value is -0.150. The van der Waals surface area contributed by atoms with Gasteiger partial charge in [-0.1, -0.05) is 39.0 Å². The van der Waals surface area contributed by atoms with Crippen LogP contribution in [0, 0.1) is 0 Å². The maximum atomic E-state index is 12.6. The van der Waals surface area contributed by atoms with Crippen molar-refractivity contribution in [1.82, 2.24) is 0 Å². The minimum atomic E-state index is -1.02. The van der Waals surface area contributed by atoms with Gasteiger partial charge in [-0.05, 0) is 19.3 Å². The lowest BCUT2D eigenvalue weighted by molar-refractivity contribution is 0.127. The van der Waals surface area contributed by atoms with Gasteiger partial charge in [-0.25, -0.2) is 4.39 Å². The molecule has 0 bridgehead atoms. The number of aliphatic hydroxyl groups excluding tert-OH is 1. The van der Waals surface area contributed by atoms with E-state index in [1.807, 2.05) is 0 Å². The summed E-state index contributed by atoms with van der Waals surface area (Å²) in [5.41, 5.74) is 0. The van der Waals surface area contributed by atoms with Crippen LogP contribution < -0.4 is 0 Å². The number of aliphatic hydroxyl groups is 1. The van der Waals surface area contributed by atoms with E-state index in [9.17, 15) is 4.39 Å². The van der Waals surface area contributed by atoms with Gasteiger partial charge in [-0.2, -0.15) is 0 Å². The van der Waals surface area contributed by atoms with Crippen molar-refractivity contribution < 1.29 is 14.2 Å². The van der Waals surface area contributed by atoms with E-state index in [2.05, 4.69) is 6.92 Å². The average molecular weight is 234 g/mol. The molecule has 1 N–H and O–H groups in total. The number of hydrogen-bond acceptors (Lipinski definition) is 2. The fourth-order valence-electron chi connectivity index (χ4n) is 1.54. The molecule has 3 heteroatoms. The summed E-state index contributed by atoms with van der Waals surface area (Å²) in [6.07, 6.45) is 7.21. The third-order valence-corrected chi connectivity index (χ3v) is 2.65. The van der Waals surface area contributed by atoms with Gasteiger partial charge in [0.2, 0.25) is 0 Å². The molecule has 0 amide bonds. The highest BCUT2D eigenvalue weighted by atomic mass is 19.1. The Morgan fingerprint density at radius 1 is 1.00 bits per heavy atom. The molecular formula is C13H27FO2. The molecule has 1 atom stereocenters. The second-order valence-electron chi connectivity index (χ2n) is 4.30. The zero-order valence-corrected chi connectivity index (χ0v) is 10.6. The van der Waals surface area contributed by atoms with Crippen molar-refractivity contribution in [3.63, 3.8) is 0 Å². The van der Waals surface area contributed by atoms with Gasteiger partial charge in [-0.3, -0.25) is 0 Å². The normalized spacial score (nSPS) is 12.9. The number of rotatable bonds is 12. The first-order valence-electron chi connectivity index (χ1n) is 6.64. The van der Waals surface area contributed by atoms with Gasteiger partial charge in [0.1, 0.15) is 6.17 Å². The molecule has 0 aromatic carbocycles. The minimum absolute atomic E-state index is 0.328. The number of alkyl halides is 1. The first kappa shape index (κ1) is 15.9. The third kappa shape index (κ3) is 11.9. The zero-order valence-electron chi connectivity index (χ0n) is 10.6. The summed E-state index contributed by atoms with van der Waals surface area (Å²) in [5.74, 6) is 0. The molecule has 0 aliphatic heterocycles. The van der Waals surface area contributed by atoms with E-state index in [1.165, 1.54) is 12.8 Å². The molecule has 0 saturated heterocycles. The second-order valence-corrected chi connectivity index (χ2v) is 4.30. The predicted octanol–water partition coefficient (Wildman–Crippen LogP) is 3.47. The molecule has 0 fully saturated rings. The Kier molecular flexibility index (Phi) is 12.8. The van der Waals surface area contributed by atoms with Crippen molar-refractivity contribution in [2.24, 2.45) is 0 Å². The molecule has 0 aliphatic carbocycles. The Morgan fingerprint density at radius 3 is 2.31 bits per heavy atom. The predicted molar refractivity (Wildman–Crippen MR) is 65.4 cm³/mol. The molecule has 0 aromatic heterocycles. The summed E-state index contributed by atoms with van der Waals surface area (Å²) in [5, 5.41) is 8.49. The highest BCUT2D eigenvalue weighted by Crippen LogP contribution is 2.09. The lowest BCUT2D eigenvalue weighted by Gasteiger charge is -2.05. The van der Waals surface area contributed by atoms with E-state index in [1.54, 1.807) is 0 Å². The van der Waals surface area contributed by atoms with Crippen molar-refractivity contribution in [2.75, 3.05) is 19.8 Å². The molecule has 0 heterocycles. The lowest BCUT2D eigenvalue weighted by atomic mass is 10.1. The fraction of sp³-hybridized carbons (Fsp3) is 1.00. The molecule has 0 spiro atoms. The first-order valence-corrected chi connectivity index (χ1v) is 6.64. The van der Waals surface area contributed by atoms with Crippen molar-refractivity contribution in [2.45, 2.75) is 64.5 Å². The van der Waals surface area contributed by atoms with Crippen LogP contribution in [0.1, 0.15) is 58.3 Å². The molecule has 0 aliphatic rings. The van der Waals surface area contributed by atoms with Crippen LogP contribution in [0.15, 0.2) is 0 Å².